The van der Waals surface area contributed by atoms with Gasteiger partial charge in [-0.25, -0.2) is 0 Å². The van der Waals surface area contributed by atoms with Crippen LogP contribution in [0.3, 0.4) is 0 Å². The van der Waals surface area contributed by atoms with E-state index in [4.69, 9.17) is 11.6 Å². The Hall–Kier alpha value is -1.03. The molecule has 0 aliphatic heterocycles. The van der Waals surface area contributed by atoms with Crippen molar-refractivity contribution in [2.45, 2.75) is 19.0 Å². The molecule has 0 heterocycles. The van der Waals surface area contributed by atoms with Crippen molar-refractivity contribution in [2.75, 3.05) is 0 Å². The van der Waals surface area contributed by atoms with Crippen LogP contribution in [-0.4, -0.2) is 6.29 Å². The predicted molar refractivity (Wildman–Crippen MR) is 50.8 cm³/mol. The standard InChI is InChI=1S/C10H8ClF3O/c11-9-5-7(2-1-3-15)4-8(6-9)10(12,13)14/h3-6H,1-2H2. The summed E-state index contributed by atoms with van der Waals surface area (Å²) >= 11 is 5.55. The summed E-state index contributed by atoms with van der Waals surface area (Å²) in [6.45, 7) is 0. The fraction of sp³-hybridized carbons (Fsp3) is 0.300. The van der Waals surface area contributed by atoms with Crippen molar-refractivity contribution in [2.24, 2.45) is 0 Å². The van der Waals surface area contributed by atoms with Gasteiger partial charge in [-0.15, -0.1) is 0 Å². The van der Waals surface area contributed by atoms with Crippen LogP contribution in [-0.2, 0) is 17.4 Å². The van der Waals surface area contributed by atoms with Crippen molar-refractivity contribution >= 4 is 17.9 Å². The Morgan fingerprint density at radius 3 is 2.47 bits per heavy atom. The Kier molecular flexibility index (Phi) is 3.74. The number of benzene rings is 1. The first-order chi connectivity index (χ1) is 6.93. The first-order valence-electron chi connectivity index (χ1n) is 4.24. The highest BCUT2D eigenvalue weighted by atomic mass is 35.5. The van der Waals surface area contributed by atoms with E-state index >= 15 is 0 Å². The van der Waals surface area contributed by atoms with E-state index in [1.807, 2.05) is 0 Å². The molecule has 0 fully saturated rings. The van der Waals surface area contributed by atoms with Gasteiger partial charge in [-0.3, -0.25) is 0 Å². The van der Waals surface area contributed by atoms with E-state index < -0.39 is 11.7 Å². The largest absolute Gasteiger partial charge is 0.416 e. The maximum absolute atomic E-state index is 12.3. The van der Waals surface area contributed by atoms with Crippen LogP contribution in [0.2, 0.25) is 5.02 Å². The Morgan fingerprint density at radius 1 is 1.27 bits per heavy atom. The molecular weight excluding hydrogens is 229 g/mol. The molecule has 0 bridgehead atoms. The SMILES string of the molecule is O=CCCc1cc(Cl)cc(C(F)(F)F)c1. The van der Waals surface area contributed by atoms with Crippen LogP contribution in [0.25, 0.3) is 0 Å². The number of carbonyl (C=O) groups excluding carboxylic acids is 1. The second kappa shape index (κ2) is 4.66. The average molecular weight is 237 g/mol. The zero-order chi connectivity index (χ0) is 11.5. The second-order valence-electron chi connectivity index (χ2n) is 3.05. The zero-order valence-electron chi connectivity index (χ0n) is 7.64. The van der Waals surface area contributed by atoms with Crippen molar-refractivity contribution in [3.8, 4) is 0 Å². The lowest BCUT2D eigenvalue weighted by atomic mass is 10.1. The highest BCUT2D eigenvalue weighted by molar-refractivity contribution is 6.30. The Labute approximate surface area is 89.9 Å². The monoisotopic (exact) mass is 236 g/mol. The van der Waals surface area contributed by atoms with Crippen LogP contribution in [0.1, 0.15) is 17.5 Å². The summed E-state index contributed by atoms with van der Waals surface area (Å²) in [4.78, 5) is 10.1. The van der Waals surface area contributed by atoms with Gasteiger partial charge in [-0.1, -0.05) is 11.6 Å². The molecule has 15 heavy (non-hydrogen) atoms. The van der Waals surface area contributed by atoms with Gasteiger partial charge < -0.3 is 4.79 Å². The van der Waals surface area contributed by atoms with Crippen molar-refractivity contribution in [3.05, 3.63) is 34.3 Å². The molecule has 0 atom stereocenters. The van der Waals surface area contributed by atoms with Gasteiger partial charge in [0.2, 0.25) is 0 Å². The van der Waals surface area contributed by atoms with Gasteiger partial charge in [0.1, 0.15) is 6.29 Å². The van der Waals surface area contributed by atoms with Gasteiger partial charge in [-0.05, 0) is 30.2 Å². The minimum absolute atomic E-state index is 0.0331. The normalized spacial score (nSPS) is 11.5. The number of alkyl halides is 3. The Balaban J connectivity index is 3.00. The van der Waals surface area contributed by atoms with E-state index in [0.717, 1.165) is 12.1 Å². The van der Waals surface area contributed by atoms with Crippen molar-refractivity contribution in [3.63, 3.8) is 0 Å². The fourth-order valence-corrected chi connectivity index (χ4v) is 1.44. The van der Waals surface area contributed by atoms with Gasteiger partial charge in [0.25, 0.3) is 0 Å². The first kappa shape index (κ1) is 12.0. The molecule has 0 spiro atoms. The molecule has 1 aromatic rings. The smallest absolute Gasteiger partial charge is 0.303 e. The lowest BCUT2D eigenvalue weighted by molar-refractivity contribution is -0.137. The van der Waals surface area contributed by atoms with Gasteiger partial charge in [0, 0.05) is 11.4 Å². The molecule has 0 amide bonds. The number of hydrogen-bond donors (Lipinski definition) is 0. The molecule has 0 saturated heterocycles. The van der Waals surface area contributed by atoms with Gasteiger partial charge >= 0.3 is 6.18 Å². The summed E-state index contributed by atoms with van der Waals surface area (Å²) < 4.78 is 37.0. The van der Waals surface area contributed by atoms with Crippen LogP contribution in [0.5, 0.6) is 0 Å². The zero-order valence-corrected chi connectivity index (χ0v) is 8.40. The lowest BCUT2D eigenvalue weighted by Crippen LogP contribution is -2.05. The lowest BCUT2D eigenvalue weighted by Gasteiger charge is -2.09. The van der Waals surface area contributed by atoms with Gasteiger partial charge in [-0.2, -0.15) is 13.2 Å². The summed E-state index contributed by atoms with van der Waals surface area (Å²) in [5, 5.41) is 0.0331. The molecule has 1 aromatic carbocycles. The maximum Gasteiger partial charge on any atom is 0.416 e. The van der Waals surface area contributed by atoms with Crippen molar-refractivity contribution in [1.29, 1.82) is 0 Å². The molecule has 1 nitrogen and oxygen atoms in total. The molecule has 0 unspecified atom stereocenters. The molecule has 0 aliphatic rings. The molecule has 5 heteroatoms. The molecule has 1 rings (SSSR count). The van der Waals surface area contributed by atoms with Gasteiger partial charge in [0.15, 0.2) is 0 Å². The molecule has 0 radical (unpaired) electrons. The highest BCUT2D eigenvalue weighted by Crippen LogP contribution is 2.32. The third-order valence-electron chi connectivity index (χ3n) is 1.84. The molecule has 0 aliphatic carbocycles. The second-order valence-corrected chi connectivity index (χ2v) is 3.49. The quantitative estimate of drug-likeness (QED) is 0.735. The van der Waals surface area contributed by atoms with E-state index in [1.165, 1.54) is 6.07 Å². The van der Waals surface area contributed by atoms with Crippen molar-refractivity contribution < 1.29 is 18.0 Å². The number of carbonyl (C=O) groups is 1. The first-order valence-corrected chi connectivity index (χ1v) is 4.61. The van der Waals surface area contributed by atoms with Crippen LogP contribution in [0.4, 0.5) is 13.2 Å². The highest BCUT2D eigenvalue weighted by Gasteiger charge is 2.30. The summed E-state index contributed by atoms with van der Waals surface area (Å²) in [7, 11) is 0. The number of rotatable bonds is 3. The molecule has 82 valence electrons. The van der Waals surface area contributed by atoms with Crippen LogP contribution in [0.15, 0.2) is 18.2 Å². The molecule has 0 saturated carbocycles. The fourth-order valence-electron chi connectivity index (χ4n) is 1.18. The molecule has 0 aromatic heterocycles. The Morgan fingerprint density at radius 2 is 1.93 bits per heavy atom. The summed E-state index contributed by atoms with van der Waals surface area (Å²) in [5.74, 6) is 0. The van der Waals surface area contributed by atoms with E-state index in [-0.39, 0.29) is 17.9 Å². The maximum atomic E-state index is 12.3. The minimum atomic E-state index is -4.40. The summed E-state index contributed by atoms with van der Waals surface area (Å²) in [6.07, 6.45) is -3.28. The number of aryl methyl sites for hydroxylation is 1. The van der Waals surface area contributed by atoms with E-state index in [2.05, 4.69) is 0 Å². The van der Waals surface area contributed by atoms with Crippen molar-refractivity contribution in [1.82, 2.24) is 0 Å². The van der Waals surface area contributed by atoms with E-state index in [0.29, 0.717) is 11.8 Å². The number of halogens is 4. The minimum Gasteiger partial charge on any atom is -0.303 e. The summed E-state index contributed by atoms with van der Waals surface area (Å²) in [6, 6.07) is 3.31. The third kappa shape index (κ3) is 3.55. The number of hydrogen-bond acceptors (Lipinski definition) is 1. The predicted octanol–water partition coefficient (Wildman–Crippen LogP) is 3.49. The van der Waals surface area contributed by atoms with Crippen LogP contribution >= 0.6 is 11.6 Å². The van der Waals surface area contributed by atoms with E-state index in [1.54, 1.807) is 0 Å². The topological polar surface area (TPSA) is 17.1 Å². The summed E-state index contributed by atoms with van der Waals surface area (Å²) in [5.41, 5.74) is -0.363. The third-order valence-corrected chi connectivity index (χ3v) is 2.05. The van der Waals surface area contributed by atoms with E-state index in [9.17, 15) is 18.0 Å². The van der Waals surface area contributed by atoms with Crippen LogP contribution < -0.4 is 0 Å². The number of aldehydes is 1. The molecule has 0 N–H and O–H groups in total. The molecular formula is C10H8ClF3O. The van der Waals surface area contributed by atoms with Gasteiger partial charge in [0.05, 0.1) is 5.56 Å². The average Bonchev–Trinajstić information content (AvgIpc) is 2.12. The Bertz CT molecular complexity index is 360. The van der Waals surface area contributed by atoms with Crippen LogP contribution in [0, 0.1) is 0 Å².